The van der Waals surface area contributed by atoms with E-state index in [2.05, 4.69) is 18.7 Å². The van der Waals surface area contributed by atoms with E-state index in [0.717, 1.165) is 42.9 Å². The fourth-order valence-corrected chi connectivity index (χ4v) is 3.87. The van der Waals surface area contributed by atoms with Crippen molar-refractivity contribution in [3.8, 4) is 0 Å². The van der Waals surface area contributed by atoms with Crippen LogP contribution in [0.15, 0.2) is 0 Å². The van der Waals surface area contributed by atoms with E-state index in [1.807, 2.05) is 0 Å². The molecule has 2 saturated heterocycles. The van der Waals surface area contributed by atoms with E-state index in [1.54, 1.807) is 0 Å². The lowest BCUT2D eigenvalue weighted by Gasteiger charge is -2.45. The largest absolute Gasteiger partial charge is 0.378 e. The predicted molar refractivity (Wildman–Crippen MR) is 56.1 cm³/mol. The topological polar surface area (TPSA) is 12.5 Å². The van der Waals surface area contributed by atoms with Crippen molar-refractivity contribution in [2.24, 2.45) is 23.7 Å². The lowest BCUT2D eigenvalue weighted by atomic mass is 9.60. The van der Waals surface area contributed by atoms with E-state index in [4.69, 9.17) is 4.74 Å². The van der Waals surface area contributed by atoms with Gasteiger partial charge in [0.05, 0.1) is 13.2 Å². The molecule has 4 unspecified atom stereocenters. The van der Waals surface area contributed by atoms with Crippen LogP contribution in [0.25, 0.3) is 0 Å². The van der Waals surface area contributed by atoms with Gasteiger partial charge in [0.1, 0.15) is 0 Å². The van der Waals surface area contributed by atoms with E-state index in [0.29, 0.717) is 0 Å². The summed E-state index contributed by atoms with van der Waals surface area (Å²) in [4.78, 5) is 2.68. The molecule has 14 heavy (non-hydrogen) atoms. The first-order valence-corrected chi connectivity index (χ1v) is 6.09. The van der Waals surface area contributed by atoms with Crippen molar-refractivity contribution in [1.29, 1.82) is 0 Å². The van der Waals surface area contributed by atoms with Crippen LogP contribution in [0.1, 0.15) is 20.3 Å². The van der Waals surface area contributed by atoms with Gasteiger partial charge in [0, 0.05) is 19.1 Å². The molecule has 0 aromatic carbocycles. The Labute approximate surface area is 86.6 Å². The average molecular weight is 195 g/mol. The lowest BCUT2D eigenvalue weighted by molar-refractivity contribution is -0.0281. The third-order valence-corrected chi connectivity index (χ3v) is 4.66. The van der Waals surface area contributed by atoms with Crippen molar-refractivity contribution in [2.75, 3.05) is 26.3 Å². The maximum atomic E-state index is 5.62. The Hall–Kier alpha value is -0.0800. The van der Waals surface area contributed by atoms with Crippen LogP contribution in [0.4, 0.5) is 0 Å². The van der Waals surface area contributed by atoms with Gasteiger partial charge >= 0.3 is 0 Å². The van der Waals surface area contributed by atoms with Crippen LogP contribution in [0.5, 0.6) is 0 Å². The Morgan fingerprint density at radius 1 is 1.36 bits per heavy atom. The maximum absolute atomic E-state index is 5.62. The number of nitrogens with zero attached hydrogens (tertiary/aromatic N) is 1. The molecule has 2 aliphatic heterocycles. The van der Waals surface area contributed by atoms with E-state index < -0.39 is 0 Å². The summed E-state index contributed by atoms with van der Waals surface area (Å²) in [6.45, 7) is 9.28. The van der Waals surface area contributed by atoms with E-state index in [9.17, 15) is 0 Å². The van der Waals surface area contributed by atoms with Gasteiger partial charge in [0.25, 0.3) is 0 Å². The zero-order valence-corrected chi connectivity index (χ0v) is 9.28. The van der Waals surface area contributed by atoms with Gasteiger partial charge in [-0.1, -0.05) is 13.8 Å². The van der Waals surface area contributed by atoms with Crippen LogP contribution in [-0.2, 0) is 4.74 Å². The van der Waals surface area contributed by atoms with Gasteiger partial charge in [-0.3, -0.25) is 4.90 Å². The van der Waals surface area contributed by atoms with Crippen LogP contribution in [-0.4, -0.2) is 37.2 Å². The standard InChI is InChI=1S/C12H21NO/c1-8(2)10-5-9-6-13-3-4-14-7-11(13)12(9)10/h8-12H,3-7H2,1-2H3. The maximum Gasteiger partial charge on any atom is 0.0625 e. The fourth-order valence-electron chi connectivity index (χ4n) is 3.87. The lowest BCUT2D eigenvalue weighted by Crippen LogP contribution is -2.48. The number of hydrogen-bond acceptors (Lipinski definition) is 2. The Bertz CT molecular complexity index is 228. The molecular weight excluding hydrogens is 174 g/mol. The SMILES string of the molecule is CC(C)C1CC2CN3CCOCC3C21. The second-order valence-electron chi connectivity index (χ2n) is 5.62. The Balaban J connectivity index is 1.74. The quantitative estimate of drug-likeness (QED) is 0.630. The van der Waals surface area contributed by atoms with Gasteiger partial charge in [0.2, 0.25) is 0 Å². The molecule has 0 radical (unpaired) electrons. The number of fused-ring (bicyclic) bond motifs is 3. The highest BCUT2D eigenvalue weighted by atomic mass is 16.5. The van der Waals surface area contributed by atoms with E-state index in [1.165, 1.54) is 19.5 Å². The van der Waals surface area contributed by atoms with Crippen molar-refractivity contribution in [2.45, 2.75) is 26.3 Å². The van der Waals surface area contributed by atoms with Crippen molar-refractivity contribution in [1.82, 2.24) is 4.90 Å². The molecule has 0 bridgehead atoms. The number of rotatable bonds is 1. The smallest absolute Gasteiger partial charge is 0.0625 e. The molecule has 0 aromatic rings. The number of hydrogen-bond donors (Lipinski definition) is 0. The molecular formula is C12H21NO. The number of ether oxygens (including phenoxy) is 1. The second-order valence-corrected chi connectivity index (χ2v) is 5.62. The molecule has 4 atom stereocenters. The summed E-state index contributed by atoms with van der Waals surface area (Å²) in [6, 6.07) is 0.773. The molecule has 3 rings (SSSR count). The van der Waals surface area contributed by atoms with Gasteiger partial charge in [0.15, 0.2) is 0 Å². The molecule has 3 aliphatic rings. The number of morpholine rings is 1. The summed E-state index contributed by atoms with van der Waals surface area (Å²) in [6.07, 6.45) is 1.48. The summed E-state index contributed by atoms with van der Waals surface area (Å²) in [7, 11) is 0. The molecule has 2 nitrogen and oxygen atoms in total. The van der Waals surface area contributed by atoms with Crippen molar-refractivity contribution < 1.29 is 4.74 Å². The molecule has 2 heteroatoms. The minimum atomic E-state index is 0.773. The van der Waals surface area contributed by atoms with Crippen LogP contribution in [0.3, 0.4) is 0 Å². The molecule has 2 heterocycles. The predicted octanol–water partition coefficient (Wildman–Crippen LogP) is 1.61. The average Bonchev–Trinajstić information content (AvgIpc) is 2.38. The highest BCUT2D eigenvalue weighted by Gasteiger charge is 2.54. The van der Waals surface area contributed by atoms with Crippen LogP contribution >= 0.6 is 0 Å². The highest BCUT2D eigenvalue weighted by Crippen LogP contribution is 2.52. The fraction of sp³-hybridized carbons (Fsp3) is 1.00. The summed E-state index contributed by atoms with van der Waals surface area (Å²) >= 11 is 0. The van der Waals surface area contributed by atoms with Crippen LogP contribution < -0.4 is 0 Å². The first-order valence-electron chi connectivity index (χ1n) is 6.09. The molecule has 3 fully saturated rings. The minimum absolute atomic E-state index is 0.773. The van der Waals surface area contributed by atoms with Crippen molar-refractivity contribution in [3.63, 3.8) is 0 Å². The van der Waals surface area contributed by atoms with Crippen LogP contribution in [0, 0.1) is 23.7 Å². The molecule has 1 aliphatic carbocycles. The van der Waals surface area contributed by atoms with E-state index >= 15 is 0 Å². The molecule has 0 N–H and O–H groups in total. The van der Waals surface area contributed by atoms with E-state index in [-0.39, 0.29) is 0 Å². The first-order chi connectivity index (χ1) is 6.77. The first kappa shape index (κ1) is 9.17. The highest BCUT2D eigenvalue weighted by molar-refractivity contribution is 5.05. The summed E-state index contributed by atoms with van der Waals surface area (Å²) in [5, 5.41) is 0. The molecule has 0 amide bonds. The zero-order valence-electron chi connectivity index (χ0n) is 9.28. The molecule has 0 aromatic heterocycles. The summed E-state index contributed by atoms with van der Waals surface area (Å²) < 4.78 is 5.62. The summed E-state index contributed by atoms with van der Waals surface area (Å²) in [5.41, 5.74) is 0. The second kappa shape index (κ2) is 3.21. The zero-order chi connectivity index (χ0) is 9.71. The molecule has 0 spiro atoms. The van der Waals surface area contributed by atoms with Gasteiger partial charge in [-0.15, -0.1) is 0 Å². The molecule has 80 valence electrons. The normalized spacial score (nSPS) is 47.4. The third kappa shape index (κ3) is 1.17. The van der Waals surface area contributed by atoms with Crippen molar-refractivity contribution in [3.05, 3.63) is 0 Å². The Kier molecular flexibility index (Phi) is 2.10. The minimum Gasteiger partial charge on any atom is -0.378 e. The molecule has 1 saturated carbocycles. The Morgan fingerprint density at radius 2 is 2.21 bits per heavy atom. The van der Waals surface area contributed by atoms with Gasteiger partial charge in [-0.05, 0) is 30.1 Å². The summed E-state index contributed by atoms with van der Waals surface area (Å²) in [5.74, 6) is 3.83. The van der Waals surface area contributed by atoms with Gasteiger partial charge in [-0.25, -0.2) is 0 Å². The third-order valence-electron chi connectivity index (χ3n) is 4.66. The van der Waals surface area contributed by atoms with Gasteiger partial charge < -0.3 is 4.74 Å². The van der Waals surface area contributed by atoms with Crippen LogP contribution in [0.2, 0.25) is 0 Å². The monoisotopic (exact) mass is 195 g/mol. The van der Waals surface area contributed by atoms with Crippen molar-refractivity contribution >= 4 is 0 Å². The Morgan fingerprint density at radius 3 is 3.00 bits per heavy atom. The van der Waals surface area contributed by atoms with Gasteiger partial charge in [-0.2, -0.15) is 0 Å².